The number of nitrogens with one attached hydrogen (secondary N) is 2. The maximum atomic E-state index is 12.4. The highest BCUT2D eigenvalue weighted by atomic mass is 16.2. The Morgan fingerprint density at radius 2 is 1.92 bits per heavy atom. The van der Waals surface area contributed by atoms with Gasteiger partial charge >= 0.3 is 0 Å². The summed E-state index contributed by atoms with van der Waals surface area (Å²) in [6.07, 6.45) is 2.13. The van der Waals surface area contributed by atoms with Crippen molar-refractivity contribution in [3.63, 3.8) is 0 Å². The van der Waals surface area contributed by atoms with Crippen molar-refractivity contribution in [1.82, 2.24) is 0 Å². The second-order valence-corrected chi connectivity index (χ2v) is 6.15. The van der Waals surface area contributed by atoms with Gasteiger partial charge in [-0.25, -0.2) is 0 Å². The lowest BCUT2D eigenvalue weighted by molar-refractivity contribution is -0.117. The van der Waals surface area contributed by atoms with E-state index in [4.69, 9.17) is 5.73 Å². The lowest BCUT2D eigenvalue weighted by Gasteiger charge is -2.14. The number of anilines is 2. The normalized spacial score (nSPS) is 15.0. The van der Waals surface area contributed by atoms with Gasteiger partial charge in [0, 0.05) is 17.8 Å². The van der Waals surface area contributed by atoms with E-state index in [9.17, 15) is 9.59 Å². The first-order valence-electron chi connectivity index (χ1n) is 8.09. The van der Waals surface area contributed by atoms with Gasteiger partial charge in [0.25, 0.3) is 0 Å². The molecule has 3 rings (SSSR count). The van der Waals surface area contributed by atoms with Crippen molar-refractivity contribution in [2.45, 2.75) is 32.2 Å². The fourth-order valence-electron chi connectivity index (χ4n) is 2.80. The van der Waals surface area contributed by atoms with Crippen molar-refractivity contribution in [3.05, 3.63) is 59.2 Å². The molecule has 0 aliphatic carbocycles. The zero-order valence-corrected chi connectivity index (χ0v) is 13.6. The molecule has 5 nitrogen and oxygen atoms in total. The highest BCUT2D eigenvalue weighted by Gasteiger charge is 2.17. The first-order valence-corrected chi connectivity index (χ1v) is 8.09. The molecule has 24 heavy (non-hydrogen) atoms. The molecule has 0 bridgehead atoms. The van der Waals surface area contributed by atoms with E-state index in [1.807, 2.05) is 43.3 Å². The van der Waals surface area contributed by atoms with Crippen LogP contribution >= 0.6 is 0 Å². The number of carbonyl (C=O) groups is 2. The molecule has 0 fully saturated rings. The summed E-state index contributed by atoms with van der Waals surface area (Å²) in [5.41, 5.74) is 10.5. The summed E-state index contributed by atoms with van der Waals surface area (Å²) >= 11 is 0. The van der Waals surface area contributed by atoms with Crippen molar-refractivity contribution >= 4 is 23.2 Å². The van der Waals surface area contributed by atoms with E-state index in [1.165, 1.54) is 0 Å². The highest BCUT2D eigenvalue weighted by molar-refractivity contribution is 5.96. The number of rotatable bonds is 3. The van der Waals surface area contributed by atoms with E-state index >= 15 is 0 Å². The van der Waals surface area contributed by atoms with Gasteiger partial charge in [-0.15, -0.1) is 0 Å². The van der Waals surface area contributed by atoms with Gasteiger partial charge in [-0.2, -0.15) is 0 Å². The Hall–Kier alpha value is -2.66. The second kappa shape index (κ2) is 6.84. The number of carbonyl (C=O) groups excluding carboxylic acids is 2. The van der Waals surface area contributed by atoms with Crippen LogP contribution in [0.3, 0.4) is 0 Å². The van der Waals surface area contributed by atoms with Gasteiger partial charge in [0.15, 0.2) is 0 Å². The number of hydrogen-bond donors (Lipinski definition) is 3. The van der Waals surface area contributed by atoms with Gasteiger partial charge in [0.1, 0.15) is 6.04 Å². The smallest absolute Gasteiger partial charge is 0.245 e. The van der Waals surface area contributed by atoms with Gasteiger partial charge in [0.05, 0.1) is 0 Å². The first kappa shape index (κ1) is 16.2. The summed E-state index contributed by atoms with van der Waals surface area (Å²) in [7, 11) is 0. The molecule has 1 atom stereocenters. The molecular weight excluding hydrogens is 302 g/mol. The molecule has 0 saturated heterocycles. The van der Waals surface area contributed by atoms with Crippen LogP contribution < -0.4 is 16.4 Å². The third kappa shape index (κ3) is 3.63. The van der Waals surface area contributed by atoms with E-state index < -0.39 is 6.04 Å². The SMILES string of the molecule is Cc1ccc(C(N)C(=O)Nc2ccc3c(c2)CCCC(=O)N3)cc1. The highest BCUT2D eigenvalue weighted by Crippen LogP contribution is 2.26. The summed E-state index contributed by atoms with van der Waals surface area (Å²) in [4.78, 5) is 24.0. The minimum Gasteiger partial charge on any atom is -0.326 e. The number of nitrogens with two attached hydrogens (primary N) is 1. The van der Waals surface area contributed by atoms with Gasteiger partial charge in [-0.1, -0.05) is 29.8 Å². The van der Waals surface area contributed by atoms with Gasteiger partial charge in [-0.3, -0.25) is 9.59 Å². The van der Waals surface area contributed by atoms with Crippen LogP contribution in [-0.2, 0) is 16.0 Å². The average molecular weight is 323 g/mol. The predicted molar refractivity (Wildman–Crippen MR) is 94.7 cm³/mol. The Morgan fingerprint density at radius 3 is 2.67 bits per heavy atom. The van der Waals surface area contributed by atoms with Crippen molar-refractivity contribution < 1.29 is 9.59 Å². The van der Waals surface area contributed by atoms with E-state index in [2.05, 4.69) is 10.6 Å². The second-order valence-electron chi connectivity index (χ2n) is 6.15. The molecule has 4 N–H and O–H groups in total. The van der Waals surface area contributed by atoms with Crippen molar-refractivity contribution in [2.75, 3.05) is 10.6 Å². The van der Waals surface area contributed by atoms with E-state index in [0.29, 0.717) is 12.1 Å². The van der Waals surface area contributed by atoms with Crippen molar-refractivity contribution in [2.24, 2.45) is 5.73 Å². The molecule has 1 unspecified atom stereocenters. The van der Waals surface area contributed by atoms with E-state index in [0.717, 1.165) is 35.2 Å². The molecular formula is C19H21N3O2. The Balaban J connectivity index is 1.73. The minimum absolute atomic E-state index is 0.0342. The van der Waals surface area contributed by atoms with Crippen LogP contribution in [0.4, 0.5) is 11.4 Å². The molecule has 2 aromatic rings. The van der Waals surface area contributed by atoms with Crippen LogP contribution in [-0.4, -0.2) is 11.8 Å². The molecule has 1 heterocycles. The maximum absolute atomic E-state index is 12.4. The first-order chi connectivity index (χ1) is 11.5. The number of fused-ring (bicyclic) bond motifs is 1. The minimum atomic E-state index is -0.718. The molecule has 0 saturated carbocycles. The lowest BCUT2D eigenvalue weighted by Crippen LogP contribution is -2.27. The molecule has 1 aliphatic heterocycles. The van der Waals surface area contributed by atoms with Crippen LogP contribution in [0.1, 0.15) is 35.6 Å². The number of hydrogen-bond acceptors (Lipinski definition) is 3. The Morgan fingerprint density at radius 1 is 1.17 bits per heavy atom. The number of benzene rings is 2. The number of aryl methyl sites for hydroxylation is 2. The fraction of sp³-hybridized carbons (Fsp3) is 0.263. The van der Waals surface area contributed by atoms with Crippen LogP contribution in [0.25, 0.3) is 0 Å². The molecule has 0 aromatic heterocycles. The molecule has 0 spiro atoms. The molecule has 1 aliphatic rings. The van der Waals surface area contributed by atoms with Crippen LogP contribution in [0, 0.1) is 6.92 Å². The van der Waals surface area contributed by atoms with E-state index in [-0.39, 0.29) is 11.8 Å². The van der Waals surface area contributed by atoms with Gasteiger partial charge < -0.3 is 16.4 Å². The standard InChI is InChI=1S/C19H21N3O2/c1-12-5-7-13(8-6-12)18(20)19(24)21-15-9-10-16-14(11-15)3-2-4-17(23)22-16/h5-11,18H,2-4,20H2,1H3,(H,21,24)(H,22,23). The summed E-state index contributed by atoms with van der Waals surface area (Å²) in [5, 5.41) is 5.74. The van der Waals surface area contributed by atoms with Crippen LogP contribution in [0.15, 0.2) is 42.5 Å². The zero-order chi connectivity index (χ0) is 17.1. The third-order valence-corrected chi connectivity index (χ3v) is 4.22. The summed E-state index contributed by atoms with van der Waals surface area (Å²) in [5.74, 6) is -0.219. The van der Waals surface area contributed by atoms with Crippen molar-refractivity contribution in [1.29, 1.82) is 0 Å². The monoisotopic (exact) mass is 323 g/mol. The maximum Gasteiger partial charge on any atom is 0.245 e. The lowest BCUT2D eigenvalue weighted by atomic mass is 10.0. The van der Waals surface area contributed by atoms with Crippen LogP contribution in [0.2, 0.25) is 0 Å². The van der Waals surface area contributed by atoms with Crippen LogP contribution in [0.5, 0.6) is 0 Å². The van der Waals surface area contributed by atoms with Gasteiger partial charge in [0.2, 0.25) is 11.8 Å². The summed E-state index contributed by atoms with van der Waals surface area (Å²) in [6, 6.07) is 12.4. The predicted octanol–water partition coefficient (Wildman–Crippen LogP) is 2.91. The Labute approximate surface area is 141 Å². The summed E-state index contributed by atoms with van der Waals surface area (Å²) in [6.45, 7) is 1.99. The summed E-state index contributed by atoms with van der Waals surface area (Å²) < 4.78 is 0. The molecule has 0 radical (unpaired) electrons. The fourth-order valence-corrected chi connectivity index (χ4v) is 2.80. The molecule has 2 aromatic carbocycles. The molecule has 2 amide bonds. The Bertz CT molecular complexity index is 769. The largest absolute Gasteiger partial charge is 0.326 e. The topological polar surface area (TPSA) is 84.2 Å². The van der Waals surface area contributed by atoms with Gasteiger partial charge in [-0.05, 0) is 49.1 Å². The molecule has 5 heteroatoms. The quantitative estimate of drug-likeness (QED) is 0.812. The zero-order valence-electron chi connectivity index (χ0n) is 13.6. The van der Waals surface area contributed by atoms with E-state index in [1.54, 1.807) is 6.07 Å². The average Bonchev–Trinajstić information content (AvgIpc) is 2.75. The Kier molecular flexibility index (Phi) is 4.62. The number of amides is 2. The van der Waals surface area contributed by atoms with Crippen molar-refractivity contribution in [3.8, 4) is 0 Å². The molecule has 124 valence electrons. The third-order valence-electron chi connectivity index (χ3n) is 4.22.